The van der Waals surface area contributed by atoms with Gasteiger partial charge in [-0.15, -0.1) is 0 Å². The van der Waals surface area contributed by atoms with Crippen LogP contribution in [0, 0.1) is 0 Å². The molecule has 0 bridgehead atoms. The first-order valence-corrected chi connectivity index (χ1v) is 8.74. The van der Waals surface area contributed by atoms with Crippen LogP contribution >= 0.6 is 15.9 Å². The maximum Gasteiger partial charge on any atom is 0.195 e. The van der Waals surface area contributed by atoms with E-state index in [2.05, 4.69) is 15.9 Å². The molecule has 25 heavy (non-hydrogen) atoms. The van der Waals surface area contributed by atoms with Gasteiger partial charge in [0, 0.05) is 69.1 Å². The second kappa shape index (κ2) is 3.41. The Morgan fingerprint density at radius 1 is 0.480 bits per heavy atom. The fourth-order valence-corrected chi connectivity index (χ4v) is 5.59. The van der Waals surface area contributed by atoms with Gasteiger partial charge in [-0.2, -0.15) is 0 Å². The first-order valence-electron chi connectivity index (χ1n) is 7.95. The monoisotopic (exact) mass is 384 g/mol. The minimum atomic E-state index is -0.0444. The summed E-state index contributed by atoms with van der Waals surface area (Å²) in [5, 5.41) is 8.77. The van der Waals surface area contributed by atoms with Crippen molar-refractivity contribution in [2.24, 2.45) is 0 Å². The molecule has 0 fully saturated rings. The van der Waals surface area contributed by atoms with E-state index in [1.54, 1.807) is 30.3 Å². The van der Waals surface area contributed by atoms with Crippen LogP contribution < -0.4 is 16.3 Å². The molecule has 0 aromatic heterocycles. The summed E-state index contributed by atoms with van der Waals surface area (Å²) in [4.78, 5) is 38.8. The Hall–Kier alpha value is -2.85. The van der Waals surface area contributed by atoms with E-state index in [1.165, 1.54) is 0 Å². The standard InChI is InChI=1S/C21H5BrO3/c22-11-5-10-16-14-8(20(10)24)2-1-6-12(14)13-7(19(6)23)3-4-9-15(13)18(16)17(11)21(9)25/h1-5H. The molecule has 0 atom stereocenters. The van der Waals surface area contributed by atoms with Crippen molar-refractivity contribution in [1.29, 1.82) is 0 Å². The van der Waals surface area contributed by atoms with Gasteiger partial charge in [0.15, 0.2) is 16.3 Å². The Morgan fingerprint density at radius 2 is 0.880 bits per heavy atom. The van der Waals surface area contributed by atoms with Gasteiger partial charge in [0.2, 0.25) is 0 Å². The molecule has 7 rings (SSSR count). The molecule has 0 radical (unpaired) electrons. The highest BCUT2D eigenvalue weighted by atomic mass is 79.9. The van der Waals surface area contributed by atoms with Gasteiger partial charge in [0.1, 0.15) is 0 Å². The molecule has 4 heteroatoms. The number of rotatable bonds is 0. The lowest BCUT2D eigenvalue weighted by molar-refractivity contribution is 1.78. The molecule has 114 valence electrons. The SMILES string of the molecule is O=c1c2ccc3c(=O)c4cc(Br)c5c(=O)c6ccc1c1c2c3c4c5c61. The van der Waals surface area contributed by atoms with Crippen LogP contribution in [-0.2, 0) is 0 Å². The van der Waals surface area contributed by atoms with E-state index in [-0.39, 0.29) is 16.3 Å². The van der Waals surface area contributed by atoms with Crippen LogP contribution in [0.25, 0.3) is 64.6 Å². The quantitative estimate of drug-likeness (QED) is 0.370. The second-order valence-corrected chi connectivity index (χ2v) is 7.69. The Kier molecular flexibility index (Phi) is 1.71. The highest BCUT2D eigenvalue weighted by Crippen LogP contribution is 2.48. The highest BCUT2D eigenvalue weighted by molar-refractivity contribution is 9.10. The van der Waals surface area contributed by atoms with Gasteiger partial charge in [-0.1, -0.05) is 0 Å². The van der Waals surface area contributed by atoms with E-state index in [9.17, 15) is 14.4 Å². The average molecular weight is 385 g/mol. The molecule has 0 spiro atoms. The van der Waals surface area contributed by atoms with Crippen molar-refractivity contribution >= 4 is 80.6 Å². The zero-order valence-electron chi connectivity index (χ0n) is 12.5. The van der Waals surface area contributed by atoms with Crippen molar-refractivity contribution in [2.75, 3.05) is 0 Å². The molecule has 0 aliphatic carbocycles. The molecule has 0 amide bonds. The zero-order chi connectivity index (χ0) is 16.8. The van der Waals surface area contributed by atoms with Crippen LogP contribution in [0.5, 0.6) is 0 Å². The molecule has 0 aliphatic rings. The van der Waals surface area contributed by atoms with E-state index in [4.69, 9.17) is 0 Å². The van der Waals surface area contributed by atoms with Crippen molar-refractivity contribution in [3.05, 3.63) is 65.5 Å². The van der Waals surface area contributed by atoms with Gasteiger partial charge in [-0.3, -0.25) is 14.4 Å². The molecule has 0 aliphatic heterocycles. The first-order chi connectivity index (χ1) is 12.1. The second-order valence-electron chi connectivity index (χ2n) is 6.84. The number of hydrogen-bond acceptors (Lipinski definition) is 3. The first kappa shape index (κ1) is 12.5. The Labute approximate surface area is 146 Å². The lowest BCUT2D eigenvalue weighted by Crippen LogP contribution is -1.96. The van der Waals surface area contributed by atoms with Crippen molar-refractivity contribution < 1.29 is 0 Å². The van der Waals surface area contributed by atoms with Crippen LogP contribution in [0.15, 0.2) is 49.2 Å². The molecule has 0 unspecified atom stereocenters. The fourth-order valence-electron chi connectivity index (χ4n) is 4.99. The van der Waals surface area contributed by atoms with Crippen molar-refractivity contribution in [3.8, 4) is 0 Å². The summed E-state index contributed by atoms with van der Waals surface area (Å²) in [6, 6.07) is 8.77. The highest BCUT2D eigenvalue weighted by Gasteiger charge is 2.29. The lowest BCUT2D eigenvalue weighted by Gasteiger charge is -2.07. The maximum atomic E-state index is 13.0. The summed E-state index contributed by atoms with van der Waals surface area (Å²) in [5.74, 6) is 0. The summed E-state index contributed by atoms with van der Waals surface area (Å²) in [6.45, 7) is 0. The minimum Gasteiger partial charge on any atom is -0.289 e. The molecule has 0 N–H and O–H groups in total. The average Bonchev–Trinajstić information content (AvgIpc) is 3.18. The summed E-state index contributed by atoms with van der Waals surface area (Å²) in [7, 11) is 0. The Bertz CT molecular complexity index is 1780. The van der Waals surface area contributed by atoms with Crippen LogP contribution in [0.4, 0.5) is 0 Å². The van der Waals surface area contributed by atoms with Crippen LogP contribution in [0.2, 0.25) is 0 Å². The summed E-state index contributed by atoms with van der Waals surface area (Å²) >= 11 is 3.49. The van der Waals surface area contributed by atoms with Gasteiger partial charge in [0.25, 0.3) is 0 Å². The zero-order valence-corrected chi connectivity index (χ0v) is 14.1. The van der Waals surface area contributed by atoms with Crippen LogP contribution in [0.3, 0.4) is 0 Å². The lowest BCUT2D eigenvalue weighted by atomic mass is 9.94. The molecule has 0 saturated carbocycles. The van der Waals surface area contributed by atoms with Crippen molar-refractivity contribution in [2.45, 2.75) is 0 Å². The van der Waals surface area contributed by atoms with Crippen LogP contribution in [0.1, 0.15) is 0 Å². The summed E-state index contributed by atoms with van der Waals surface area (Å²) < 4.78 is 0.644. The number of hydrogen-bond donors (Lipinski definition) is 0. The fraction of sp³-hybridized carbons (Fsp3) is 0. The molecule has 7 aromatic carbocycles. The third-order valence-corrected chi connectivity index (χ3v) is 6.52. The smallest absolute Gasteiger partial charge is 0.195 e. The van der Waals surface area contributed by atoms with Gasteiger partial charge < -0.3 is 0 Å². The summed E-state index contributed by atoms with van der Waals surface area (Å²) in [5.41, 5.74) is -0.104. The Balaban J connectivity index is 2.20. The number of benzene rings is 4. The largest absolute Gasteiger partial charge is 0.289 e. The molecule has 7 aromatic rings. The third-order valence-electron chi connectivity index (χ3n) is 5.89. The van der Waals surface area contributed by atoms with Gasteiger partial charge in [0.05, 0.1) is 0 Å². The maximum absolute atomic E-state index is 13.0. The van der Waals surface area contributed by atoms with E-state index in [1.807, 2.05) is 0 Å². The van der Waals surface area contributed by atoms with Gasteiger partial charge in [-0.05, 0) is 46.3 Å². The number of halogens is 1. The normalized spacial score (nSPS) is 13.5. The molecular weight excluding hydrogens is 380 g/mol. The van der Waals surface area contributed by atoms with Crippen molar-refractivity contribution in [1.82, 2.24) is 0 Å². The summed E-state index contributed by atoms with van der Waals surface area (Å²) in [6.07, 6.45) is 0. The predicted octanol–water partition coefficient (Wildman–Crippen LogP) is 4.08. The topological polar surface area (TPSA) is 51.2 Å². The molecular formula is C21H5BrO3. The van der Waals surface area contributed by atoms with E-state index in [0.717, 1.165) is 32.3 Å². The molecule has 3 nitrogen and oxygen atoms in total. The minimum absolute atomic E-state index is 0.0238. The predicted molar refractivity (Wildman–Crippen MR) is 105 cm³/mol. The third kappa shape index (κ3) is 1.02. The van der Waals surface area contributed by atoms with Crippen LogP contribution in [-0.4, -0.2) is 0 Å². The van der Waals surface area contributed by atoms with E-state index in [0.29, 0.717) is 36.8 Å². The van der Waals surface area contributed by atoms with Gasteiger partial charge >= 0.3 is 0 Å². The van der Waals surface area contributed by atoms with Crippen molar-refractivity contribution in [3.63, 3.8) is 0 Å². The Morgan fingerprint density at radius 3 is 1.44 bits per heavy atom. The molecule has 0 heterocycles. The van der Waals surface area contributed by atoms with E-state index >= 15 is 0 Å². The van der Waals surface area contributed by atoms with Gasteiger partial charge in [-0.25, -0.2) is 0 Å². The van der Waals surface area contributed by atoms with E-state index < -0.39 is 0 Å². The molecule has 0 saturated heterocycles.